The Morgan fingerprint density at radius 1 is 1.14 bits per heavy atom. The molecule has 3 heterocycles. The Kier molecular flexibility index (Phi) is 4.65. The molecule has 1 unspecified atom stereocenters. The van der Waals surface area contributed by atoms with Gasteiger partial charge in [-0.15, -0.1) is 0 Å². The molecule has 4 nitrogen and oxygen atoms in total. The van der Waals surface area contributed by atoms with E-state index in [2.05, 4.69) is 23.7 Å². The lowest BCUT2D eigenvalue weighted by Gasteiger charge is -2.33. The van der Waals surface area contributed by atoms with Crippen LogP contribution in [-0.2, 0) is 0 Å². The first-order chi connectivity index (χ1) is 10.6. The smallest absolute Gasteiger partial charge is 0.272 e. The number of pyridine rings is 1. The maximum Gasteiger partial charge on any atom is 0.272 e. The summed E-state index contributed by atoms with van der Waals surface area (Å²) in [6, 6.07) is 4.02. The predicted molar refractivity (Wildman–Crippen MR) is 89.1 cm³/mol. The molecule has 2 aliphatic rings. The first-order valence-corrected chi connectivity index (χ1v) is 8.64. The Bertz CT molecular complexity index is 523. The number of likely N-dealkylation sites (tertiary alicyclic amines) is 1. The number of carbonyl (C=O) groups is 1. The summed E-state index contributed by atoms with van der Waals surface area (Å²) < 4.78 is 0. The van der Waals surface area contributed by atoms with Crippen molar-refractivity contribution in [2.75, 3.05) is 31.1 Å². The summed E-state index contributed by atoms with van der Waals surface area (Å²) in [7, 11) is 0. The summed E-state index contributed by atoms with van der Waals surface area (Å²) in [6.07, 6.45) is 6.58. The molecule has 120 valence electrons. The summed E-state index contributed by atoms with van der Waals surface area (Å²) in [4.78, 5) is 21.4. The summed E-state index contributed by atoms with van der Waals surface area (Å²) in [6.45, 7) is 8.44. The van der Waals surface area contributed by atoms with Crippen LogP contribution < -0.4 is 4.90 Å². The third-order valence-corrected chi connectivity index (χ3v) is 5.06. The minimum atomic E-state index is 0.0961. The van der Waals surface area contributed by atoms with Crippen LogP contribution in [-0.4, -0.2) is 42.0 Å². The molecular formula is C18H27N3O. The molecule has 0 aliphatic carbocycles. The topological polar surface area (TPSA) is 36.4 Å². The van der Waals surface area contributed by atoms with Crippen molar-refractivity contribution in [2.45, 2.75) is 39.5 Å². The van der Waals surface area contributed by atoms with Gasteiger partial charge in [0.05, 0.1) is 0 Å². The lowest BCUT2D eigenvalue weighted by molar-refractivity contribution is 0.0677. The number of rotatable bonds is 2. The third kappa shape index (κ3) is 3.42. The van der Waals surface area contributed by atoms with Crippen molar-refractivity contribution in [1.82, 2.24) is 9.88 Å². The highest BCUT2D eigenvalue weighted by Gasteiger charge is 2.24. The largest absolute Gasteiger partial charge is 0.371 e. The molecule has 3 rings (SSSR count). The summed E-state index contributed by atoms with van der Waals surface area (Å²) in [5.41, 5.74) is 1.75. The van der Waals surface area contributed by atoms with Crippen molar-refractivity contribution in [3.05, 3.63) is 24.0 Å². The van der Waals surface area contributed by atoms with E-state index in [1.165, 1.54) is 19.3 Å². The standard InChI is InChI=1S/C18H27N3O/c1-14-6-10-20(11-7-14)16-5-8-19-17(12-16)18(22)21-9-3-4-15(2)13-21/h5,8,12,14-15H,3-4,6-7,9-11,13H2,1-2H3. The number of carbonyl (C=O) groups excluding carboxylic acids is 1. The van der Waals surface area contributed by atoms with Gasteiger partial charge in [0.25, 0.3) is 5.91 Å². The Labute approximate surface area is 133 Å². The van der Waals surface area contributed by atoms with Gasteiger partial charge >= 0.3 is 0 Å². The molecule has 4 heteroatoms. The average Bonchev–Trinajstić information content (AvgIpc) is 2.55. The molecule has 0 aromatic carbocycles. The molecule has 1 amide bonds. The number of nitrogens with zero attached hydrogens (tertiary/aromatic N) is 3. The Hall–Kier alpha value is -1.58. The molecule has 1 atom stereocenters. The Morgan fingerprint density at radius 3 is 2.64 bits per heavy atom. The van der Waals surface area contributed by atoms with Crippen molar-refractivity contribution in [3.8, 4) is 0 Å². The number of hydrogen-bond acceptors (Lipinski definition) is 3. The number of amides is 1. The monoisotopic (exact) mass is 301 g/mol. The van der Waals surface area contributed by atoms with E-state index in [1.54, 1.807) is 6.20 Å². The SMILES string of the molecule is CC1CCN(c2ccnc(C(=O)N3CCCC(C)C3)c2)CC1. The van der Waals surface area contributed by atoms with Gasteiger partial charge in [-0.2, -0.15) is 0 Å². The fraction of sp³-hybridized carbons (Fsp3) is 0.667. The van der Waals surface area contributed by atoms with Crippen LogP contribution in [0.1, 0.15) is 50.0 Å². The number of hydrogen-bond donors (Lipinski definition) is 0. The van der Waals surface area contributed by atoms with Gasteiger partial charge in [0, 0.05) is 38.1 Å². The number of anilines is 1. The fourth-order valence-corrected chi connectivity index (χ4v) is 3.54. The van der Waals surface area contributed by atoms with Crippen LogP contribution >= 0.6 is 0 Å². The van der Waals surface area contributed by atoms with Crippen molar-refractivity contribution >= 4 is 11.6 Å². The first-order valence-electron chi connectivity index (χ1n) is 8.64. The van der Waals surface area contributed by atoms with E-state index >= 15 is 0 Å². The van der Waals surface area contributed by atoms with Gasteiger partial charge in [0.2, 0.25) is 0 Å². The molecule has 22 heavy (non-hydrogen) atoms. The normalized spacial score (nSPS) is 23.6. The van der Waals surface area contributed by atoms with Crippen molar-refractivity contribution in [1.29, 1.82) is 0 Å². The maximum absolute atomic E-state index is 12.7. The lowest BCUT2D eigenvalue weighted by atomic mass is 9.98. The maximum atomic E-state index is 12.7. The first kappa shape index (κ1) is 15.3. The molecule has 0 N–H and O–H groups in total. The Balaban J connectivity index is 1.71. The van der Waals surface area contributed by atoms with Crippen LogP contribution in [0.5, 0.6) is 0 Å². The van der Waals surface area contributed by atoms with E-state index in [0.29, 0.717) is 11.6 Å². The van der Waals surface area contributed by atoms with Gasteiger partial charge in [-0.1, -0.05) is 13.8 Å². The molecule has 2 aliphatic heterocycles. The minimum Gasteiger partial charge on any atom is -0.371 e. The van der Waals surface area contributed by atoms with Gasteiger partial charge in [-0.05, 0) is 49.7 Å². The summed E-state index contributed by atoms with van der Waals surface area (Å²) >= 11 is 0. The molecule has 0 bridgehead atoms. The van der Waals surface area contributed by atoms with E-state index < -0.39 is 0 Å². The highest BCUT2D eigenvalue weighted by molar-refractivity contribution is 5.93. The molecule has 0 radical (unpaired) electrons. The van der Waals surface area contributed by atoms with Gasteiger partial charge in [0.15, 0.2) is 0 Å². The van der Waals surface area contributed by atoms with Crippen LogP contribution in [0, 0.1) is 11.8 Å². The average molecular weight is 301 g/mol. The van der Waals surface area contributed by atoms with Crippen LogP contribution in [0.15, 0.2) is 18.3 Å². The van der Waals surface area contributed by atoms with E-state index in [1.807, 2.05) is 17.0 Å². The van der Waals surface area contributed by atoms with E-state index in [-0.39, 0.29) is 5.91 Å². The van der Waals surface area contributed by atoms with Crippen molar-refractivity contribution in [2.24, 2.45) is 11.8 Å². The van der Waals surface area contributed by atoms with E-state index in [9.17, 15) is 4.79 Å². The predicted octanol–water partition coefficient (Wildman–Crippen LogP) is 3.19. The zero-order valence-corrected chi connectivity index (χ0v) is 13.8. The van der Waals surface area contributed by atoms with Crippen molar-refractivity contribution in [3.63, 3.8) is 0 Å². The quantitative estimate of drug-likeness (QED) is 0.841. The van der Waals surface area contributed by atoms with Gasteiger partial charge in [-0.25, -0.2) is 0 Å². The second-order valence-electron chi connectivity index (χ2n) is 7.07. The van der Waals surface area contributed by atoms with Crippen LogP contribution in [0.3, 0.4) is 0 Å². The molecule has 0 saturated carbocycles. The molecule has 1 aromatic rings. The molecule has 0 spiro atoms. The fourth-order valence-electron chi connectivity index (χ4n) is 3.54. The summed E-state index contributed by atoms with van der Waals surface area (Å²) in [5.74, 6) is 1.51. The summed E-state index contributed by atoms with van der Waals surface area (Å²) in [5, 5.41) is 0. The highest BCUT2D eigenvalue weighted by Crippen LogP contribution is 2.24. The van der Waals surface area contributed by atoms with Crippen LogP contribution in [0.25, 0.3) is 0 Å². The third-order valence-electron chi connectivity index (χ3n) is 5.06. The van der Waals surface area contributed by atoms with E-state index in [4.69, 9.17) is 0 Å². The van der Waals surface area contributed by atoms with Gasteiger partial charge < -0.3 is 9.80 Å². The van der Waals surface area contributed by atoms with Crippen molar-refractivity contribution < 1.29 is 4.79 Å². The van der Waals surface area contributed by atoms with E-state index in [0.717, 1.165) is 44.2 Å². The highest BCUT2D eigenvalue weighted by atomic mass is 16.2. The second kappa shape index (κ2) is 6.67. The van der Waals surface area contributed by atoms with Gasteiger partial charge in [0.1, 0.15) is 5.69 Å². The van der Waals surface area contributed by atoms with Gasteiger partial charge in [-0.3, -0.25) is 9.78 Å². The number of aromatic nitrogens is 1. The van der Waals surface area contributed by atoms with Crippen LogP contribution in [0.2, 0.25) is 0 Å². The zero-order valence-electron chi connectivity index (χ0n) is 13.8. The second-order valence-corrected chi connectivity index (χ2v) is 7.07. The lowest BCUT2D eigenvalue weighted by Crippen LogP contribution is -2.39. The molecular weight excluding hydrogens is 274 g/mol. The molecule has 2 fully saturated rings. The minimum absolute atomic E-state index is 0.0961. The number of piperidine rings is 2. The Morgan fingerprint density at radius 2 is 1.91 bits per heavy atom. The molecule has 1 aromatic heterocycles. The zero-order chi connectivity index (χ0) is 15.5. The van der Waals surface area contributed by atoms with Crippen LogP contribution in [0.4, 0.5) is 5.69 Å². The molecule has 2 saturated heterocycles.